The summed E-state index contributed by atoms with van der Waals surface area (Å²) in [6, 6.07) is 62.5. The van der Waals surface area contributed by atoms with Crippen molar-refractivity contribution in [1.29, 1.82) is 0 Å². The quantitative estimate of drug-likeness (QED) is 0.115. The molecule has 6 heterocycles. The maximum atomic E-state index is 6.96. The highest BCUT2D eigenvalue weighted by atomic mass is 16.3. The number of benzene rings is 9. The van der Waals surface area contributed by atoms with Gasteiger partial charge in [0.2, 0.25) is 17.1 Å². The van der Waals surface area contributed by atoms with Crippen LogP contribution in [0.4, 0.5) is 0 Å². The first-order valence-corrected chi connectivity index (χ1v) is 44.3. The Kier molecular flexibility index (Phi) is 20.0. The van der Waals surface area contributed by atoms with Crippen LogP contribution in [0.25, 0.3) is 133 Å². The largest absolute Gasteiger partial charge is 0.455 e. The first-order chi connectivity index (χ1) is 56.0. The first-order valence-electron chi connectivity index (χ1n) is 44.3. The lowest BCUT2D eigenvalue weighted by atomic mass is 9.62. The predicted octanol–water partition coefficient (Wildman–Crippen LogP) is 29.8. The molecule has 1 spiro atoms. The second-order valence-electron chi connectivity index (χ2n) is 40.8. The molecule has 604 valence electrons. The maximum Gasteiger partial charge on any atom is 0.216 e. The zero-order valence-corrected chi connectivity index (χ0v) is 75.4. The van der Waals surface area contributed by atoms with Crippen LogP contribution < -0.4 is 13.7 Å². The summed E-state index contributed by atoms with van der Waals surface area (Å²) < 4.78 is 27.5. The van der Waals surface area contributed by atoms with E-state index >= 15 is 0 Å². The van der Waals surface area contributed by atoms with Crippen molar-refractivity contribution in [2.75, 3.05) is 0 Å². The van der Waals surface area contributed by atoms with Crippen LogP contribution >= 0.6 is 0 Å². The second-order valence-corrected chi connectivity index (χ2v) is 40.8. The maximum absolute atomic E-state index is 6.96. The van der Waals surface area contributed by atoms with Crippen LogP contribution in [0.5, 0.6) is 0 Å². The molecule has 4 aliphatic carbocycles. The van der Waals surface area contributed by atoms with Gasteiger partial charge in [-0.1, -0.05) is 233 Å². The monoisotopic (exact) mass is 1560 g/mol. The third-order valence-electron chi connectivity index (χ3n) is 27.5. The normalized spacial score (nSPS) is 14.9. The summed E-state index contributed by atoms with van der Waals surface area (Å²) >= 11 is 0. The molecule has 0 saturated heterocycles. The van der Waals surface area contributed by atoms with Gasteiger partial charge in [-0.15, -0.1) is 0 Å². The molecule has 6 aromatic heterocycles. The Bertz CT molecular complexity index is 6540. The van der Waals surface area contributed by atoms with Gasteiger partial charge in [0.25, 0.3) is 0 Å². The van der Waals surface area contributed by atoms with E-state index in [9.17, 15) is 0 Å². The van der Waals surface area contributed by atoms with E-state index in [1.54, 1.807) is 0 Å². The van der Waals surface area contributed by atoms with Crippen molar-refractivity contribution in [2.45, 2.75) is 238 Å². The molecular formula is C112H126N3O3+3. The van der Waals surface area contributed by atoms with E-state index in [-0.39, 0.29) is 27.1 Å². The second kappa shape index (κ2) is 29.4. The number of aryl methyl sites for hydroxylation is 9. The van der Waals surface area contributed by atoms with Gasteiger partial charge in [0, 0.05) is 83.5 Å². The molecule has 1 fully saturated rings. The molecule has 1 saturated carbocycles. The highest BCUT2D eigenvalue weighted by molar-refractivity contribution is 6.15. The van der Waals surface area contributed by atoms with Gasteiger partial charge in [0.05, 0.1) is 16.7 Å². The van der Waals surface area contributed by atoms with Gasteiger partial charge < -0.3 is 13.3 Å². The number of fused-ring (bicyclic) bond motifs is 20. The highest BCUT2D eigenvalue weighted by Gasteiger charge is 2.50. The summed E-state index contributed by atoms with van der Waals surface area (Å²) in [7, 11) is 6.50. The molecule has 0 radical (unpaired) electrons. The molecular weight excluding hydrogens is 1440 g/mol. The van der Waals surface area contributed by atoms with Crippen molar-refractivity contribution in [1.82, 2.24) is 0 Å². The zero-order valence-electron chi connectivity index (χ0n) is 75.4. The fourth-order valence-electron chi connectivity index (χ4n) is 23.2. The van der Waals surface area contributed by atoms with Crippen molar-refractivity contribution >= 4 is 65.8 Å². The van der Waals surface area contributed by atoms with Crippen LogP contribution in [0.1, 0.15) is 263 Å². The fraction of sp³-hybridized carbons (Fsp3) is 0.384. The summed E-state index contributed by atoms with van der Waals surface area (Å²) in [6.07, 6.45) is 16.5. The molecule has 6 nitrogen and oxygen atoms in total. The van der Waals surface area contributed by atoms with E-state index in [4.69, 9.17) is 13.3 Å². The third-order valence-corrected chi connectivity index (χ3v) is 27.5. The molecule has 6 heteroatoms. The van der Waals surface area contributed by atoms with Crippen LogP contribution in [-0.2, 0) is 37.4 Å². The standard InChI is InChI=1S/C40H48NO.C38H44NO.C34H34NO/c1-24(2)31-21-41(11)34(18-26(31)4)36-25(3)16-17-28-30-19-29-27-14-12-13-15-32(27)40(22-38(5,6)7,23-39(8,9)10)33(29)20-35(30)42-37(28)36;1-22(2)19-38(20-23(3)4)32-13-11-10-12-27(32)29-17-30-28-15-14-25(7)36(37(28)40-35(30)18-33(29)38)34-16-26(8)31(24(5)6)21-39(34)9;1-20(2)27-19-35(5)30(16-22(27)4)32-21(3)12-13-24-26-17-25-23-10-6-7-11-28(23)34(14-8-9-15-34)29(25)18-31(26)36-33(24)32/h12-21,24H,22-23H2,1-11H3;10-18,21-24H,19-20H2,1-9H3;6-7,10-13,16-20H,8-9,14-15H2,1-5H3/q3*+1. The molecule has 19 rings (SSSR count). The van der Waals surface area contributed by atoms with E-state index in [0.717, 1.165) is 59.2 Å². The Morgan fingerprint density at radius 3 is 0.966 bits per heavy atom. The zero-order chi connectivity index (χ0) is 83.6. The lowest BCUT2D eigenvalue weighted by molar-refractivity contribution is -0.661. The SMILES string of the molecule is Cc1cc(-c2c(C)ccc3c2oc2cc4c(cc23)-c2ccccc2C4(CC(C)(C)C)CC(C)(C)C)[n+](C)cc1C(C)C.Cc1cc(-c2c(C)ccc3c2oc2cc4c(cc23)-c2ccccc2C4(CC(C)C)CC(C)C)[n+](C)cc1C(C)C.Cc1cc(-c2c(C)ccc3c2oc2cc4c(cc23)-c2ccccc2C42CCCC2)[n+](C)cc1C(C)C. The number of pyridine rings is 3. The van der Waals surface area contributed by atoms with Crippen molar-refractivity contribution in [3.8, 4) is 67.2 Å². The van der Waals surface area contributed by atoms with Crippen LogP contribution in [0.2, 0.25) is 0 Å². The minimum atomic E-state index is -0.0649. The number of furan rings is 3. The fourth-order valence-corrected chi connectivity index (χ4v) is 23.2. The lowest BCUT2D eigenvalue weighted by Gasteiger charge is -2.42. The number of hydrogen-bond donors (Lipinski definition) is 0. The van der Waals surface area contributed by atoms with Gasteiger partial charge in [-0.25, -0.2) is 13.7 Å². The molecule has 15 aromatic rings. The average Bonchev–Trinajstić information content (AvgIpc) is 1.55. The van der Waals surface area contributed by atoms with Gasteiger partial charge in [-0.05, 0) is 257 Å². The summed E-state index contributed by atoms with van der Waals surface area (Å²) in [5, 5.41) is 7.26. The van der Waals surface area contributed by atoms with Crippen LogP contribution in [-0.4, -0.2) is 0 Å². The Labute approximate surface area is 702 Å². The molecule has 118 heavy (non-hydrogen) atoms. The minimum Gasteiger partial charge on any atom is -0.455 e. The predicted molar refractivity (Wildman–Crippen MR) is 496 cm³/mol. The topological polar surface area (TPSA) is 51.1 Å². The van der Waals surface area contributed by atoms with Gasteiger partial charge in [0.15, 0.2) is 18.6 Å². The van der Waals surface area contributed by atoms with E-state index in [1.807, 2.05) is 0 Å². The number of rotatable bonds is 12. The van der Waals surface area contributed by atoms with Gasteiger partial charge in [-0.2, -0.15) is 0 Å². The molecule has 0 N–H and O–H groups in total. The van der Waals surface area contributed by atoms with Crippen LogP contribution in [0.15, 0.2) is 196 Å². The van der Waals surface area contributed by atoms with Crippen LogP contribution in [0, 0.1) is 64.2 Å². The Morgan fingerprint density at radius 1 is 0.322 bits per heavy atom. The number of aromatic nitrogens is 3. The molecule has 9 aromatic carbocycles. The lowest BCUT2D eigenvalue weighted by Crippen LogP contribution is -2.35. The summed E-state index contributed by atoms with van der Waals surface area (Å²) in [5.41, 5.74) is 42.8. The summed E-state index contributed by atoms with van der Waals surface area (Å²) in [5.74, 6) is 2.66. The third kappa shape index (κ3) is 13.2. The Balaban J connectivity index is 0.000000127. The van der Waals surface area contributed by atoms with Crippen molar-refractivity contribution in [2.24, 2.45) is 43.8 Å². The van der Waals surface area contributed by atoms with E-state index < -0.39 is 0 Å². The Hall–Kier alpha value is -10.2. The minimum absolute atomic E-state index is 0.0103. The molecule has 0 amide bonds. The van der Waals surface area contributed by atoms with Gasteiger partial charge in [0.1, 0.15) is 54.6 Å². The molecule has 4 aliphatic rings. The number of nitrogens with zero attached hydrogens (tertiary/aromatic N) is 3. The smallest absolute Gasteiger partial charge is 0.216 e. The number of hydrogen-bond acceptors (Lipinski definition) is 3. The summed E-state index contributed by atoms with van der Waals surface area (Å²) in [4.78, 5) is 0. The van der Waals surface area contributed by atoms with Gasteiger partial charge in [-0.3, -0.25) is 0 Å². The van der Waals surface area contributed by atoms with Crippen molar-refractivity contribution in [3.05, 3.63) is 266 Å². The highest BCUT2D eigenvalue weighted by Crippen LogP contribution is 2.62. The molecule has 0 unspecified atom stereocenters. The van der Waals surface area contributed by atoms with E-state index in [0.29, 0.717) is 29.6 Å². The van der Waals surface area contributed by atoms with E-state index in [2.05, 4.69) is 370 Å². The summed E-state index contributed by atoms with van der Waals surface area (Å²) in [6.45, 7) is 50.7. The molecule has 0 bridgehead atoms. The molecule has 0 atom stereocenters. The first kappa shape index (κ1) is 80.3. The van der Waals surface area contributed by atoms with Crippen LogP contribution in [0.3, 0.4) is 0 Å². The van der Waals surface area contributed by atoms with Crippen molar-refractivity contribution < 1.29 is 27.0 Å². The average molecular weight is 1560 g/mol. The van der Waals surface area contributed by atoms with Crippen molar-refractivity contribution in [3.63, 3.8) is 0 Å². The van der Waals surface area contributed by atoms with Gasteiger partial charge >= 0.3 is 0 Å². The Morgan fingerprint density at radius 2 is 0.627 bits per heavy atom. The molecule has 0 aliphatic heterocycles. The van der Waals surface area contributed by atoms with E-state index in [1.165, 1.54) is 209 Å².